The van der Waals surface area contributed by atoms with E-state index in [1.807, 2.05) is 0 Å². The predicted molar refractivity (Wildman–Crippen MR) is 90.6 cm³/mol. The van der Waals surface area contributed by atoms with Crippen LogP contribution in [0.3, 0.4) is 0 Å². The molecule has 1 fully saturated rings. The Morgan fingerprint density at radius 3 is 2.57 bits per heavy atom. The number of methoxy groups -OCH3 is 1. The van der Waals surface area contributed by atoms with Crippen molar-refractivity contribution >= 4 is 30.3 Å². The summed E-state index contributed by atoms with van der Waals surface area (Å²) in [4.78, 5) is 26.9. The third kappa shape index (κ3) is 7.07. The highest BCUT2D eigenvalue weighted by molar-refractivity contribution is 5.85. The van der Waals surface area contributed by atoms with E-state index in [-0.39, 0.29) is 42.1 Å². The first-order chi connectivity index (χ1) is 10.3. The van der Waals surface area contributed by atoms with E-state index in [0.29, 0.717) is 6.54 Å². The van der Waals surface area contributed by atoms with Crippen LogP contribution in [0.4, 0.5) is 0 Å². The van der Waals surface area contributed by atoms with Crippen LogP contribution in [0.1, 0.15) is 39.5 Å². The number of esters is 1. The molecule has 8 heteroatoms. The van der Waals surface area contributed by atoms with Crippen molar-refractivity contribution in [3.8, 4) is 0 Å². The minimum absolute atomic E-state index is 0. The Morgan fingerprint density at radius 2 is 2.04 bits per heavy atom. The van der Waals surface area contributed by atoms with E-state index in [2.05, 4.69) is 10.3 Å². The number of aliphatic carboxylic acids is 1. The van der Waals surface area contributed by atoms with E-state index in [4.69, 9.17) is 15.6 Å². The SMILES string of the molecule is COC(=O)C1CCCC(CN=C(N)N[C@H](C(=O)O)C(C)C)C1.Cl. The van der Waals surface area contributed by atoms with E-state index in [0.717, 1.165) is 25.7 Å². The predicted octanol–water partition coefficient (Wildman–Crippen LogP) is 1.40. The third-order valence-corrected chi connectivity index (χ3v) is 4.07. The van der Waals surface area contributed by atoms with Crippen molar-refractivity contribution in [1.82, 2.24) is 5.32 Å². The molecule has 7 nitrogen and oxygen atoms in total. The molecule has 0 aromatic rings. The Kier molecular flexibility index (Phi) is 9.64. The van der Waals surface area contributed by atoms with Gasteiger partial charge < -0.3 is 20.9 Å². The van der Waals surface area contributed by atoms with Crippen LogP contribution in [0.25, 0.3) is 0 Å². The molecule has 0 aromatic carbocycles. The fourth-order valence-corrected chi connectivity index (χ4v) is 2.78. The van der Waals surface area contributed by atoms with Crippen molar-refractivity contribution < 1.29 is 19.4 Å². The average Bonchev–Trinajstić information content (AvgIpc) is 2.49. The van der Waals surface area contributed by atoms with Crippen LogP contribution >= 0.6 is 12.4 Å². The minimum Gasteiger partial charge on any atom is -0.480 e. The Labute approximate surface area is 143 Å². The molecule has 0 heterocycles. The number of nitrogens with one attached hydrogen (secondary N) is 1. The monoisotopic (exact) mass is 349 g/mol. The van der Waals surface area contributed by atoms with E-state index in [9.17, 15) is 9.59 Å². The van der Waals surface area contributed by atoms with Gasteiger partial charge in [-0.3, -0.25) is 9.79 Å². The maximum atomic E-state index is 11.6. The van der Waals surface area contributed by atoms with Gasteiger partial charge >= 0.3 is 11.9 Å². The van der Waals surface area contributed by atoms with E-state index in [1.165, 1.54) is 7.11 Å². The van der Waals surface area contributed by atoms with Gasteiger partial charge in [-0.25, -0.2) is 4.79 Å². The van der Waals surface area contributed by atoms with Gasteiger partial charge in [-0.2, -0.15) is 0 Å². The van der Waals surface area contributed by atoms with E-state index < -0.39 is 12.0 Å². The molecule has 0 saturated heterocycles. The molecule has 0 bridgehead atoms. The van der Waals surface area contributed by atoms with Crippen molar-refractivity contribution in [2.24, 2.45) is 28.5 Å². The average molecular weight is 350 g/mol. The number of carboxylic acid groups (broad SMARTS) is 1. The quantitative estimate of drug-likeness (QED) is 0.379. The number of nitrogens with two attached hydrogens (primary N) is 1. The lowest BCUT2D eigenvalue weighted by Gasteiger charge is -2.26. The zero-order chi connectivity index (χ0) is 16.7. The highest BCUT2D eigenvalue weighted by Gasteiger charge is 2.28. The van der Waals surface area contributed by atoms with Gasteiger partial charge in [0.2, 0.25) is 0 Å². The van der Waals surface area contributed by atoms with Gasteiger partial charge in [-0.05, 0) is 31.1 Å². The fourth-order valence-electron chi connectivity index (χ4n) is 2.78. The van der Waals surface area contributed by atoms with Gasteiger partial charge in [0.1, 0.15) is 6.04 Å². The number of carbonyl (C=O) groups is 2. The summed E-state index contributed by atoms with van der Waals surface area (Å²) in [6.45, 7) is 4.11. The number of aliphatic imine (C=N–C) groups is 1. The smallest absolute Gasteiger partial charge is 0.326 e. The van der Waals surface area contributed by atoms with Crippen molar-refractivity contribution in [2.45, 2.75) is 45.6 Å². The van der Waals surface area contributed by atoms with Crippen LogP contribution in [0.15, 0.2) is 4.99 Å². The molecule has 1 saturated carbocycles. The molecular weight excluding hydrogens is 322 g/mol. The minimum atomic E-state index is -0.948. The molecule has 0 amide bonds. The van der Waals surface area contributed by atoms with E-state index in [1.54, 1.807) is 13.8 Å². The third-order valence-electron chi connectivity index (χ3n) is 4.07. The van der Waals surface area contributed by atoms with E-state index >= 15 is 0 Å². The second kappa shape index (κ2) is 10.3. The maximum absolute atomic E-state index is 11.6. The van der Waals surface area contributed by atoms with Gasteiger partial charge in [0.05, 0.1) is 13.0 Å². The van der Waals surface area contributed by atoms with Crippen molar-refractivity contribution in [3.63, 3.8) is 0 Å². The molecule has 4 N–H and O–H groups in total. The van der Waals surface area contributed by atoms with Gasteiger partial charge in [-0.15, -0.1) is 12.4 Å². The molecule has 2 unspecified atom stereocenters. The Hall–Kier alpha value is -1.50. The van der Waals surface area contributed by atoms with Gasteiger partial charge in [-0.1, -0.05) is 20.3 Å². The number of nitrogens with zero attached hydrogens (tertiary/aromatic N) is 1. The first kappa shape index (κ1) is 21.5. The molecule has 1 aliphatic rings. The number of halogens is 1. The van der Waals surface area contributed by atoms with Gasteiger partial charge in [0, 0.05) is 6.54 Å². The van der Waals surface area contributed by atoms with Crippen molar-refractivity contribution in [1.29, 1.82) is 0 Å². The second-order valence-electron chi connectivity index (χ2n) is 6.18. The standard InChI is InChI=1S/C15H27N3O4.ClH/c1-9(2)12(13(19)20)18-15(16)17-8-10-5-4-6-11(7-10)14(21)22-3;/h9-12H,4-8H2,1-3H3,(H,19,20)(H3,16,17,18);1H/t10?,11?,12-;/m0./s1. The lowest BCUT2D eigenvalue weighted by Crippen LogP contribution is -2.47. The molecule has 0 radical (unpaired) electrons. The van der Waals surface area contributed by atoms with Crippen LogP contribution in [0.2, 0.25) is 0 Å². The lowest BCUT2D eigenvalue weighted by atomic mass is 9.81. The maximum Gasteiger partial charge on any atom is 0.326 e. The summed E-state index contributed by atoms with van der Waals surface area (Å²) in [6, 6.07) is -0.752. The molecule has 0 aliphatic heterocycles. The molecule has 0 spiro atoms. The molecule has 23 heavy (non-hydrogen) atoms. The first-order valence-electron chi connectivity index (χ1n) is 7.72. The molecule has 134 valence electrons. The summed E-state index contributed by atoms with van der Waals surface area (Å²) >= 11 is 0. The Balaban J connectivity index is 0.00000484. The van der Waals surface area contributed by atoms with Crippen LogP contribution < -0.4 is 11.1 Å². The summed E-state index contributed by atoms with van der Waals surface area (Å²) in [5.74, 6) is -0.843. The Morgan fingerprint density at radius 1 is 1.39 bits per heavy atom. The zero-order valence-corrected chi connectivity index (χ0v) is 14.8. The van der Waals surface area contributed by atoms with Crippen LogP contribution in [-0.2, 0) is 14.3 Å². The molecular formula is C15H28ClN3O4. The number of rotatable bonds is 6. The van der Waals surface area contributed by atoms with Gasteiger partial charge in [0.25, 0.3) is 0 Å². The molecule has 1 aliphatic carbocycles. The largest absolute Gasteiger partial charge is 0.480 e. The number of ether oxygens (including phenoxy) is 1. The Bertz CT molecular complexity index is 429. The number of hydrogen-bond acceptors (Lipinski definition) is 4. The van der Waals surface area contributed by atoms with Crippen molar-refractivity contribution in [3.05, 3.63) is 0 Å². The summed E-state index contributed by atoms with van der Waals surface area (Å²) in [5, 5.41) is 11.8. The van der Waals surface area contributed by atoms with Crippen molar-refractivity contribution in [2.75, 3.05) is 13.7 Å². The molecule has 1 rings (SSSR count). The summed E-state index contributed by atoms with van der Waals surface area (Å²) < 4.78 is 4.79. The molecule has 3 atom stereocenters. The fraction of sp³-hybridized carbons (Fsp3) is 0.800. The van der Waals surface area contributed by atoms with Crippen LogP contribution in [-0.4, -0.2) is 42.7 Å². The lowest BCUT2D eigenvalue weighted by molar-refractivity contribution is -0.147. The topological polar surface area (TPSA) is 114 Å². The normalized spacial score (nSPS) is 22.9. The highest BCUT2D eigenvalue weighted by atomic mass is 35.5. The number of carbonyl (C=O) groups excluding carboxylic acids is 1. The van der Waals surface area contributed by atoms with Gasteiger partial charge in [0.15, 0.2) is 5.96 Å². The highest BCUT2D eigenvalue weighted by Crippen LogP contribution is 2.29. The second-order valence-corrected chi connectivity index (χ2v) is 6.18. The number of guanidine groups is 1. The number of hydrogen-bond donors (Lipinski definition) is 3. The summed E-state index contributed by atoms with van der Waals surface area (Å²) in [5.41, 5.74) is 5.77. The zero-order valence-electron chi connectivity index (χ0n) is 13.9. The summed E-state index contributed by atoms with van der Waals surface area (Å²) in [7, 11) is 1.41. The number of carboxylic acids is 1. The van der Waals surface area contributed by atoms with Crippen LogP contribution in [0.5, 0.6) is 0 Å². The first-order valence-corrected chi connectivity index (χ1v) is 7.72. The summed E-state index contributed by atoms with van der Waals surface area (Å²) in [6.07, 6.45) is 3.57. The molecule has 0 aromatic heterocycles. The van der Waals surface area contributed by atoms with Crippen LogP contribution in [0, 0.1) is 17.8 Å².